The first-order chi connectivity index (χ1) is 13.9. The normalized spacial score (nSPS) is 14.8. The Bertz CT molecular complexity index is 1200. The molecule has 0 saturated heterocycles. The molecule has 1 aromatic heterocycles. The number of cyclic esters (lactones) is 1. The second-order valence-electron chi connectivity index (χ2n) is 5.97. The fourth-order valence-corrected chi connectivity index (χ4v) is 3.28. The van der Waals surface area contributed by atoms with E-state index in [1.165, 1.54) is 24.3 Å². The first-order valence-corrected chi connectivity index (χ1v) is 9.69. The van der Waals surface area contributed by atoms with Gasteiger partial charge in [-0.05, 0) is 65.1 Å². The van der Waals surface area contributed by atoms with Crippen molar-refractivity contribution in [3.63, 3.8) is 0 Å². The van der Waals surface area contributed by atoms with E-state index in [9.17, 15) is 14.9 Å². The lowest BCUT2D eigenvalue weighted by molar-refractivity contribution is -0.384. The summed E-state index contributed by atoms with van der Waals surface area (Å²) in [6.07, 6.45) is 1.46. The highest BCUT2D eigenvalue weighted by atomic mass is 127. The van der Waals surface area contributed by atoms with Gasteiger partial charge >= 0.3 is 5.97 Å². The summed E-state index contributed by atoms with van der Waals surface area (Å²) in [6, 6.07) is 14.8. The van der Waals surface area contributed by atoms with Crippen LogP contribution in [0.15, 0.2) is 69.7 Å². The number of carbonyl (C=O) groups excluding carboxylic acids is 1. The summed E-state index contributed by atoms with van der Waals surface area (Å²) in [6.45, 7) is 0. The number of rotatable bonds is 4. The Kier molecular flexibility index (Phi) is 5.20. The number of carbonyl (C=O) groups is 1. The number of furan rings is 1. The van der Waals surface area contributed by atoms with Crippen LogP contribution in [0.5, 0.6) is 0 Å². The Morgan fingerprint density at radius 1 is 1.10 bits per heavy atom. The number of non-ortho nitro benzene ring substituents is 1. The fraction of sp³-hybridized carbons (Fsp3) is 0. The molecule has 0 unspecified atom stereocenters. The van der Waals surface area contributed by atoms with E-state index in [2.05, 4.69) is 27.6 Å². The van der Waals surface area contributed by atoms with Gasteiger partial charge in [0.15, 0.2) is 5.70 Å². The summed E-state index contributed by atoms with van der Waals surface area (Å²) >= 11 is 8.32. The quantitative estimate of drug-likeness (QED) is 0.150. The van der Waals surface area contributed by atoms with Crippen LogP contribution in [0.3, 0.4) is 0 Å². The second-order valence-corrected chi connectivity index (χ2v) is 7.62. The minimum Gasteiger partial charge on any atom is -0.457 e. The van der Waals surface area contributed by atoms with E-state index < -0.39 is 10.9 Å². The molecular weight excluding hydrogens is 511 g/mol. The summed E-state index contributed by atoms with van der Waals surface area (Å²) < 4.78 is 12.0. The van der Waals surface area contributed by atoms with E-state index in [0.717, 1.165) is 3.57 Å². The van der Waals surface area contributed by atoms with Crippen molar-refractivity contribution in [2.24, 2.45) is 4.99 Å². The van der Waals surface area contributed by atoms with Gasteiger partial charge in [0.05, 0.1) is 9.95 Å². The number of ether oxygens (including phenoxy) is 1. The zero-order valence-corrected chi connectivity index (χ0v) is 17.4. The highest BCUT2D eigenvalue weighted by molar-refractivity contribution is 14.1. The van der Waals surface area contributed by atoms with Crippen molar-refractivity contribution in [1.29, 1.82) is 0 Å². The second kappa shape index (κ2) is 7.80. The number of nitro benzene ring substituents is 1. The molecule has 0 spiro atoms. The molecule has 0 fully saturated rings. The van der Waals surface area contributed by atoms with Crippen LogP contribution in [0.2, 0.25) is 5.02 Å². The molecule has 0 saturated carbocycles. The van der Waals surface area contributed by atoms with Gasteiger partial charge in [-0.1, -0.05) is 11.6 Å². The maximum atomic E-state index is 12.1. The lowest BCUT2D eigenvalue weighted by Crippen LogP contribution is -2.05. The van der Waals surface area contributed by atoms with Gasteiger partial charge in [-0.25, -0.2) is 9.79 Å². The molecule has 7 nitrogen and oxygen atoms in total. The largest absolute Gasteiger partial charge is 0.457 e. The number of hydrogen-bond donors (Lipinski definition) is 0. The maximum absolute atomic E-state index is 12.1. The van der Waals surface area contributed by atoms with Crippen LogP contribution >= 0.6 is 34.2 Å². The molecule has 3 aromatic rings. The Hall–Kier alpha value is -2.98. The van der Waals surface area contributed by atoms with Crippen molar-refractivity contribution in [3.05, 3.63) is 90.3 Å². The number of esters is 1. The van der Waals surface area contributed by atoms with Crippen molar-refractivity contribution in [2.45, 2.75) is 0 Å². The zero-order valence-electron chi connectivity index (χ0n) is 14.5. The predicted molar refractivity (Wildman–Crippen MR) is 116 cm³/mol. The fourth-order valence-electron chi connectivity index (χ4n) is 2.65. The number of halogens is 2. The minimum absolute atomic E-state index is 0.106. The first-order valence-electron chi connectivity index (χ1n) is 8.23. The minimum atomic E-state index is -0.579. The van der Waals surface area contributed by atoms with Crippen LogP contribution in [0.1, 0.15) is 11.3 Å². The zero-order chi connectivity index (χ0) is 20.5. The number of nitro groups is 1. The molecule has 144 valence electrons. The molecule has 0 bridgehead atoms. The molecule has 4 rings (SSSR count). The molecule has 0 atom stereocenters. The number of nitrogens with zero attached hydrogens (tertiary/aromatic N) is 2. The highest BCUT2D eigenvalue weighted by Gasteiger charge is 2.24. The van der Waals surface area contributed by atoms with Crippen molar-refractivity contribution in [3.8, 4) is 11.3 Å². The summed E-state index contributed by atoms with van der Waals surface area (Å²) in [4.78, 5) is 26.7. The molecule has 1 aliphatic rings. The third kappa shape index (κ3) is 4.08. The summed E-state index contributed by atoms with van der Waals surface area (Å²) in [5.41, 5.74) is 1.19. The van der Waals surface area contributed by atoms with E-state index in [-0.39, 0.29) is 22.3 Å². The van der Waals surface area contributed by atoms with Gasteiger partial charge in [-0.15, -0.1) is 0 Å². The summed E-state index contributed by atoms with van der Waals surface area (Å²) in [5, 5.41) is 11.0. The standard InChI is InChI=1S/C20H10ClIN2O5/c21-16-9-13(24(26)27)5-7-15(16)18-8-6-14(28-18)10-17-20(25)29-19(23-17)11-1-3-12(22)4-2-11/h1-10H/b17-10-. The van der Waals surface area contributed by atoms with E-state index >= 15 is 0 Å². The van der Waals surface area contributed by atoms with Crippen LogP contribution in [-0.4, -0.2) is 16.8 Å². The molecule has 2 aromatic carbocycles. The molecule has 0 radical (unpaired) electrons. The molecule has 0 aliphatic carbocycles. The number of benzene rings is 2. The van der Waals surface area contributed by atoms with Gasteiger partial charge in [0.1, 0.15) is 11.5 Å². The van der Waals surface area contributed by atoms with Crippen LogP contribution in [0.25, 0.3) is 17.4 Å². The smallest absolute Gasteiger partial charge is 0.363 e. The monoisotopic (exact) mass is 520 g/mol. The van der Waals surface area contributed by atoms with E-state index in [1.54, 1.807) is 12.1 Å². The third-order valence-corrected chi connectivity index (χ3v) is 5.08. The first kappa shape index (κ1) is 19.3. The molecule has 0 N–H and O–H groups in total. The van der Waals surface area contributed by atoms with E-state index in [1.807, 2.05) is 24.3 Å². The SMILES string of the molecule is O=C1OC(c2ccc(I)cc2)=N/C1=C\c1ccc(-c2ccc([N+](=O)[O-])cc2Cl)o1. The van der Waals surface area contributed by atoms with Crippen LogP contribution in [0.4, 0.5) is 5.69 Å². The summed E-state index contributed by atoms with van der Waals surface area (Å²) in [5.74, 6) is 0.423. The average molecular weight is 521 g/mol. The third-order valence-electron chi connectivity index (χ3n) is 4.05. The Morgan fingerprint density at radius 2 is 1.86 bits per heavy atom. The molecule has 9 heteroatoms. The van der Waals surface area contributed by atoms with Crippen molar-refractivity contribution in [1.82, 2.24) is 0 Å². The number of aliphatic imine (C=N–C) groups is 1. The van der Waals surface area contributed by atoms with Crippen molar-refractivity contribution >= 4 is 57.8 Å². The van der Waals surface area contributed by atoms with Crippen molar-refractivity contribution < 1.29 is 18.9 Å². The molecular formula is C20H10ClIN2O5. The lowest BCUT2D eigenvalue weighted by atomic mass is 10.1. The average Bonchev–Trinajstić information content (AvgIpc) is 3.29. The molecule has 0 amide bonds. The van der Waals surface area contributed by atoms with Gasteiger partial charge in [0.2, 0.25) is 5.90 Å². The van der Waals surface area contributed by atoms with Gasteiger partial charge < -0.3 is 9.15 Å². The van der Waals surface area contributed by atoms with E-state index in [0.29, 0.717) is 22.6 Å². The van der Waals surface area contributed by atoms with Gasteiger partial charge in [-0.2, -0.15) is 0 Å². The summed E-state index contributed by atoms with van der Waals surface area (Å²) in [7, 11) is 0. The van der Waals surface area contributed by atoms with Crippen LogP contribution in [-0.2, 0) is 9.53 Å². The number of hydrogen-bond acceptors (Lipinski definition) is 6. The Labute approximate surface area is 182 Å². The Morgan fingerprint density at radius 3 is 2.55 bits per heavy atom. The topological polar surface area (TPSA) is 94.9 Å². The van der Waals surface area contributed by atoms with E-state index in [4.69, 9.17) is 20.8 Å². The molecule has 2 heterocycles. The van der Waals surface area contributed by atoms with Gasteiger partial charge in [0, 0.05) is 32.9 Å². The predicted octanol–water partition coefficient (Wildman–Crippen LogP) is 5.46. The van der Waals surface area contributed by atoms with Crippen LogP contribution in [0, 0.1) is 13.7 Å². The molecule has 1 aliphatic heterocycles. The van der Waals surface area contributed by atoms with Gasteiger partial charge in [0.25, 0.3) is 5.69 Å². The van der Waals surface area contributed by atoms with Crippen LogP contribution < -0.4 is 0 Å². The molecule has 29 heavy (non-hydrogen) atoms. The van der Waals surface area contributed by atoms with Crippen molar-refractivity contribution in [2.75, 3.05) is 0 Å². The Balaban J connectivity index is 1.61. The maximum Gasteiger partial charge on any atom is 0.363 e. The lowest BCUT2D eigenvalue weighted by Gasteiger charge is -2.00. The highest BCUT2D eigenvalue weighted by Crippen LogP contribution is 2.33. The van der Waals surface area contributed by atoms with Gasteiger partial charge in [-0.3, -0.25) is 10.1 Å².